The van der Waals surface area contributed by atoms with Gasteiger partial charge in [0.15, 0.2) is 0 Å². The molecule has 8 heteroatoms. The molecular formula is C16H30F3NO3S. The lowest BCUT2D eigenvalue weighted by atomic mass is 9.93. The molecule has 0 aromatic heterocycles. The van der Waals surface area contributed by atoms with Crippen molar-refractivity contribution in [1.29, 1.82) is 0 Å². The number of halogens is 3. The fraction of sp³-hybridized carbons (Fsp3) is 0.938. The quantitative estimate of drug-likeness (QED) is 0.463. The van der Waals surface area contributed by atoms with E-state index < -0.39 is 39.8 Å². The van der Waals surface area contributed by atoms with Crippen LogP contribution in [-0.2, 0) is 20.5 Å². The lowest BCUT2D eigenvalue weighted by Gasteiger charge is -2.30. The van der Waals surface area contributed by atoms with Crippen LogP contribution in [-0.4, -0.2) is 33.8 Å². The second kappa shape index (κ2) is 10.4. The van der Waals surface area contributed by atoms with Crippen molar-refractivity contribution in [2.75, 3.05) is 6.61 Å². The number of nitrogens with one attached hydrogen (secondary N) is 1. The molecule has 0 heterocycles. The largest absolute Gasteiger partial charge is 0.465 e. The van der Waals surface area contributed by atoms with Crippen LogP contribution in [0.1, 0.15) is 66.7 Å². The number of carbonyl (C=O) groups is 1. The highest BCUT2D eigenvalue weighted by molar-refractivity contribution is 7.84. The van der Waals surface area contributed by atoms with Gasteiger partial charge >= 0.3 is 12.1 Å². The van der Waals surface area contributed by atoms with Gasteiger partial charge in [-0.1, -0.05) is 33.1 Å². The minimum absolute atomic E-state index is 0.0505. The third kappa shape index (κ3) is 8.46. The normalized spacial score (nSPS) is 16.5. The molecule has 144 valence electrons. The smallest absolute Gasteiger partial charge is 0.405 e. The summed E-state index contributed by atoms with van der Waals surface area (Å²) in [5, 5.41) is 0. The van der Waals surface area contributed by atoms with E-state index >= 15 is 0 Å². The average molecular weight is 373 g/mol. The number of rotatable bonds is 10. The molecule has 0 fully saturated rings. The first kappa shape index (κ1) is 23.4. The lowest BCUT2D eigenvalue weighted by Crippen LogP contribution is -2.53. The van der Waals surface area contributed by atoms with Crippen molar-refractivity contribution in [3.63, 3.8) is 0 Å². The predicted molar refractivity (Wildman–Crippen MR) is 89.8 cm³/mol. The first-order valence-corrected chi connectivity index (χ1v) is 9.51. The number of carbonyl (C=O) groups excluding carboxylic acids is 1. The molecule has 0 unspecified atom stereocenters. The molecule has 0 aliphatic rings. The van der Waals surface area contributed by atoms with Crippen LogP contribution in [0.15, 0.2) is 0 Å². The third-order valence-electron chi connectivity index (χ3n) is 3.42. The van der Waals surface area contributed by atoms with Gasteiger partial charge < -0.3 is 4.74 Å². The van der Waals surface area contributed by atoms with Crippen molar-refractivity contribution in [3.05, 3.63) is 0 Å². The highest BCUT2D eigenvalue weighted by Gasteiger charge is 2.49. The molecule has 0 amide bonds. The van der Waals surface area contributed by atoms with Crippen LogP contribution in [0.25, 0.3) is 0 Å². The zero-order chi connectivity index (χ0) is 19.0. The molecule has 0 saturated carbocycles. The molecule has 0 radical (unpaired) electrons. The van der Waals surface area contributed by atoms with E-state index in [-0.39, 0.29) is 13.0 Å². The van der Waals surface area contributed by atoms with Gasteiger partial charge in [0.2, 0.25) is 0 Å². The van der Waals surface area contributed by atoms with Gasteiger partial charge in [0.1, 0.15) is 6.04 Å². The zero-order valence-electron chi connectivity index (χ0n) is 15.2. The van der Waals surface area contributed by atoms with Gasteiger partial charge in [0.05, 0.1) is 28.3 Å². The highest BCUT2D eigenvalue weighted by atomic mass is 32.2. The summed E-state index contributed by atoms with van der Waals surface area (Å²) in [4.78, 5) is 12.2. The molecule has 0 aliphatic heterocycles. The van der Waals surface area contributed by atoms with Crippen LogP contribution in [0, 0.1) is 5.92 Å². The highest BCUT2D eigenvalue weighted by Crippen LogP contribution is 2.31. The van der Waals surface area contributed by atoms with E-state index in [2.05, 4.69) is 4.72 Å². The number of alkyl halides is 3. The summed E-state index contributed by atoms with van der Waals surface area (Å²) in [7, 11) is -1.94. The SMILES string of the molecule is CCCCC[C@@H](C(=O)OCCC)[C@@H](N[S@](=O)C(C)(C)C)C(F)(F)F. The standard InChI is InChI=1S/C16H30F3NO3S/c1-6-8-9-10-12(14(21)23-11-7-2)13(16(17,18)19)20-24(22)15(3,4)5/h12-13,20H,6-11H2,1-5H3/t12-,13-,24-/m1/s1. The first-order chi connectivity index (χ1) is 10.9. The summed E-state index contributed by atoms with van der Waals surface area (Å²) in [6.07, 6.45) is -2.07. The number of esters is 1. The van der Waals surface area contributed by atoms with Crippen molar-refractivity contribution in [3.8, 4) is 0 Å². The minimum Gasteiger partial charge on any atom is -0.465 e. The van der Waals surface area contributed by atoms with Crippen molar-refractivity contribution < 1.29 is 26.9 Å². The Labute approximate surface area is 145 Å². The van der Waals surface area contributed by atoms with Gasteiger partial charge in [-0.2, -0.15) is 13.2 Å². The maximum Gasteiger partial charge on any atom is 0.405 e. The molecule has 0 aromatic rings. The van der Waals surface area contributed by atoms with Gasteiger partial charge in [0.25, 0.3) is 0 Å². The molecule has 24 heavy (non-hydrogen) atoms. The zero-order valence-corrected chi connectivity index (χ0v) is 16.0. The third-order valence-corrected chi connectivity index (χ3v) is 5.00. The Morgan fingerprint density at radius 1 is 1.12 bits per heavy atom. The Morgan fingerprint density at radius 3 is 2.12 bits per heavy atom. The van der Waals surface area contributed by atoms with Crippen LogP contribution in [0.2, 0.25) is 0 Å². The Hall–Kier alpha value is -0.630. The number of ether oxygens (including phenoxy) is 1. The second-order valence-corrected chi connectivity index (χ2v) is 8.79. The van der Waals surface area contributed by atoms with Gasteiger partial charge in [-0.3, -0.25) is 4.79 Å². The summed E-state index contributed by atoms with van der Waals surface area (Å²) in [6.45, 7) is 8.50. The molecule has 4 nitrogen and oxygen atoms in total. The van der Waals surface area contributed by atoms with E-state index in [4.69, 9.17) is 4.74 Å². The van der Waals surface area contributed by atoms with Crippen molar-refractivity contribution in [2.45, 2.75) is 83.7 Å². The molecule has 3 atom stereocenters. The molecule has 0 spiro atoms. The number of unbranched alkanes of at least 4 members (excludes halogenated alkanes) is 2. The van der Waals surface area contributed by atoms with E-state index in [0.717, 1.165) is 12.8 Å². The van der Waals surface area contributed by atoms with Crippen LogP contribution in [0.5, 0.6) is 0 Å². The summed E-state index contributed by atoms with van der Waals surface area (Å²) >= 11 is 0. The summed E-state index contributed by atoms with van der Waals surface area (Å²) in [5.41, 5.74) is 0. The Bertz CT molecular complexity index is 408. The van der Waals surface area contributed by atoms with Gasteiger partial charge in [-0.05, 0) is 33.6 Å². The monoisotopic (exact) mass is 373 g/mol. The van der Waals surface area contributed by atoms with Crippen molar-refractivity contribution in [2.24, 2.45) is 5.92 Å². The van der Waals surface area contributed by atoms with E-state index in [1.165, 1.54) is 0 Å². The summed E-state index contributed by atoms with van der Waals surface area (Å²) in [5.74, 6) is -2.27. The van der Waals surface area contributed by atoms with Gasteiger partial charge in [0, 0.05) is 0 Å². The Balaban J connectivity index is 5.38. The molecule has 1 N–H and O–H groups in total. The summed E-state index contributed by atoms with van der Waals surface area (Å²) < 4.78 is 58.9. The van der Waals surface area contributed by atoms with E-state index in [1.807, 2.05) is 6.92 Å². The van der Waals surface area contributed by atoms with Crippen molar-refractivity contribution in [1.82, 2.24) is 4.72 Å². The lowest BCUT2D eigenvalue weighted by molar-refractivity contribution is -0.179. The minimum atomic E-state index is -4.69. The molecule has 0 bridgehead atoms. The van der Waals surface area contributed by atoms with Crippen LogP contribution in [0.4, 0.5) is 13.2 Å². The summed E-state index contributed by atoms with van der Waals surface area (Å²) in [6, 6.07) is -2.18. The second-order valence-electron chi connectivity index (χ2n) is 6.79. The van der Waals surface area contributed by atoms with Crippen LogP contribution >= 0.6 is 0 Å². The fourth-order valence-corrected chi connectivity index (χ4v) is 2.90. The van der Waals surface area contributed by atoms with Gasteiger partial charge in [-0.15, -0.1) is 0 Å². The van der Waals surface area contributed by atoms with Crippen LogP contribution < -0.4 is 4.72 Å². The van der Waals surface area contributed by atoms with E-state index in [9.17, 15) is 22.2 Å². The number of hydrogen-bond acceptors (Lipinski definition) is 3. The molecule has 0 rings (SSSR count). The Kier molecular flexibility index (Phi) is 10.1. The fourth-order valence-electron chi connectivity index (χ4n) is 2.01. The van der Waals surface area contributed by atoms with Crippen molar-refractivity contribution >= 4 is 17.0 Å². The molecule has 0 saturated heterocycles. The maximum atomic E-state index is 13.5. The molecule has 0 aliphatic carbocycles. The van der Waals surface area contributed by atoms with Gasteiger partial charge in [-0.25, -0.2) is 8.93 Å². The first-order valence-electron chi connectivity index (χ1n) is 8.36. The molecular weight excluding hydrogens is 343 g/mol. The Morgan fingerprint density at radius 2 is 1.71 bits per heavy atom. The maximum absolute atomic E-state index is 13.5. The predicted octanol–water partition coefficient (Wildman–Crippen LogP) is 4.12. The average Bonchev–Trinajstić information content (AvgIpc) is 2.45. The van der Waals surface area contributed by atoms with E-state index in [0.29, 0.717) is 12.8 Å². The topological polar surface area (TPSA) is 55.4 Å². The van der Waals surface area contributed by atoms with Crippen LogP contribution in [0.3, 0.4) is 0 Å². The number of hydrogen-bond donors (Lipinski definition) is 1. The van der Waals surface area contributed by atoms with E-state index in [1.54, 1.807) is 27.7 Å². The molecule has 0 aromatic carbocycles.